The lowest BCUT2D eigenvalue weighted by atomic mass is 9.79. The number of alkyl halides is 5. The zero-order valence-electron chi connectivity index (χ0n) is 22.0. The van der Waals surface area contributed by atoms with Crippen molar-refractivity contribution in [3.63, 3.8) is 0 Å². The first-order valence-electron chi connectivity index (χ1n) is 12.6. The van der Waals surface area contributed by atoms with Crippen molar-refractivity contribution in [3.05, 3.63) is 124 Å². The number of hydrogen-bond acceptors (Lipinski definition) is 3. The third-order valence-corrected chi connectivity index (χ3v) is 8.12. The maximum Gasteiger partial charge on any atom is 0.416 e. The minimum atomic E-state index is -4.67. The number of benzene rings is 2. The van der Waals surface area contributed by atoms with E-state index in [1.165, 1.54) is 36.5 Å². The van der Waals surface area contributed by atoms with Crippen LogP contribution in [0, 0.1) is 6.92 Å². The average molecular weight is 577 g/mol. The molecule has 1 N–H and O–H groups in total. The Morgan fingerprint density at radius 3 is 2.25 bits per heavy atom. The molecule has 3 aromatic rings. The Kier molecular flexibility index (Phi) is 8.33. The van der Waals surface area contributed by atoms with E-state index in [2.05, 4.69) is 9.71 Å². The lowest BCUT2D eigenvalue weighted by Crippen LogP contribution is -2.48. The van der Waals surface area contributed by atoms with Crippen molar-refractivity contribution in [2.75, 3.05) is 0 Å². The van der Waals surface area contributed by atoms with Crippen LogP contribution in [0.4, 0.5) is 22.0 Å². The van der Waals surface area contributed by atoms with Crippen molar-refractivity contribution < 1.29 is 30.4 Å². The van der Waals surface area contributed by atoms with Crippen molar-refractivity contribution in [1.29, 1.82) is 0 Å². The maximum absolute atomic E-state index is 13.9. The highest BCUT2D eigenvalue weighted by atomic mass is 32.2. The molecule has 1 aromatic heterocycles. The number of nitrogens with one attached hydrogen (secondary N) is 1. The molecule has 0 amide bonds. The summed E-state index contributed by atoms with van der Waals surface area (Å²) in [5, 5.41) is 0. The number of hydrogen-bond donors (Lipinski definition) is 1. The molecule has 0 radical (unpaired) electrons. The molecule has 1 aliphatic carbocycles. The van der Waals surface area contributed by atoms with Gasteiger partial charge in [-0.05, 0) is 67.1 Å². The molecule has 4 rings (SSSR count). The monoisotopic (exact) mass is 576 g/mol. The quantitative estimate of drug-likeness (QED) is 0.268. The number of nitrogens with zero attached hydrogens (tertiary/aromatic N) is 1. The summed E-state index contributed by atoms with van der Waals surface area (Å²) in [6.07, 6.45) is 3.73. The second-order valence-electron chi connectivity index (χ2n) is 10.1. The fourth-order valence-electron chi connectivity index (χ4n) is 4.76. The first-order valence-corrected chi connectivity index (χ1v) is 14.3. The van der Waals surface area contributed by atoms with Gasteiger partial charge in [0.15, 0.2) is 0 Å². The van der Waals surface area contributed by atoms with Crippen molar-refractivity contribution >= 4 is 10.0 Å². The highest BCUT2D eigenvalue weighted by Crippen LogP contribution is 2.40. The van der Waals surface area contributed by atoms with E-state index in [1.807, 2.05) is 18.2 Å². The minimum absolute atomic E-state index is 0.0149. The van der Waals surface area contributed by atoms with E-state index in [0.29, 0.717) is 19.8 Å². The normalized spacial score (nSPS) is 15.9. The summed E-state index contributed by atoms with van der Waals surface area (Å²) in [5.41, 5.74) is -1.01. The van der Waals surface area contributed by atoms with Crippen LogP contribution in [0.15, 0.2) is 90.7 Å². The molecule has 2 aromatic carbocycles. The van der Waals surface area contributed by atoms with Crippen LogP contribution < -0.4 is 4.72 Å². The zero-order valence-corrected chi connectivity index (χ0v) is 22.8. The van der Waals surface area contributed by atoms with E-state index in [-0.39, 0.29) is 28.8 Å². The van der Waals surface area contributed by atoms with Crippen molar-refractivity contribution in [1.82, 2.24) is 9.71 Å². The molecule has 0 aliphatic heterocycles. The first-order chi connectivity index (χ1) is 18.7. The van der Waals surface area contributed by atoms with Gasteiger partial charge in [-0.2, -0.15) is 17.9 Å². The summed E-state index contributed by atoms with van der Waals surface area (Å²) in [6.45, 7) is 2.50. The van der Waals surface area contributed by atoms with E-state index < -0.39 is 39.0 Å². The molecular weight excluding hydrogens is 547 g/mol. The van der Waals surface area contributed by atoms with Crippen molar-refractivity contribution in [3.8, 4) is 0 Å². The summed E-state index contributed by atoms with van der Waals surface area (Å²) >= 11 is 0. The van der Waals surface area contributed by atoms with Gasteiger partial charge in [0.05, 0.1) is 17.0 Å². The van der Waals surface area contributed by atoms with Gasteiger partial charge in [0.1, 0.15) is 5.54 Å². The number of pyridine rings is 1. The van der Waals surface area contributed by atoms with Gasteiger partial charge in [0, 0.05) is 18.7 Å². The van der Waals surface area contributed by atoms with E-state index >= 15 is 0 Å². The Balaban J connectivity index is 1.88. The molecule has 0 saturated heterocycles. The number of halogens is 5. The van der Waals surface area contributed by atoms with Gasteiger partial charge in [-0.1, -0.05) is 60.2 Å². The number of rotatable bonds is 9. The summed E-state index contributed by atoms with van der Waals surface area (Å²) in [5.74, 6) is -3.84. The second-order valence-corrected chi connectivity index (χ2v) is 11.8. The minimum Gasteiger partial charge on any atom is -0.259 e. The molecule has 4 nitrogen and oxygen atoms in total. The molecule has 0 bridgehead atoms. The topological polar surface area (TPSA) is 59.1 Å². The highest BCUT2D eigenvalue weighted by molar-refractivity contribution is 7.88. The largest absolute Gasteiger partial charge is 0.416 e. The molecule has 40 heavy (non-hydrogen) atoms. The predicted octanol–water partition coefficient (Wildman–Crippen LogP) is 7.55. The average Bonchev–Trinajstić information content (AvgIpc) is 2.88. The van der Waals surface area contributed by atoms with E-state index in [4.69, 9.17) is 0 Å². The Hall–Kier alpha value is -3.37. The first kappa shape index (κ1) is 29.6. The van der Waals surface area contributed by atoms with Crippen LogP contribution in [-0.4, -0.2) is 13.4 Å². The molecular formula is C30H29F5N2O2S. The second kappa shape index (κ2) is 11.2. The molecule has 1 atom stereocenters. The zero-order chi connectivity index (χ0) is 29.2. The van der Waals surface area contributed by atoms with Crippen molar-refractivity contribution in [2.24, 2.45) is 0 Å². The van der Waals surface area contributed by atoms with Gasteiger partial charge >= 0.3 is 6.18 Å². The number of aromatic nitrogens is 1. The SMILES string of the molecule is Cc1ccc(C(CC2=CC=CCC2)(NS(=O)(=O)Cc2cccc(C(C)(F)F)c2)c2cccc(C(F)(F)F)c2)nc1. The third-order valence-electron chi connectivity index (χ3n) is 6.74. The van der Waals surface area contributed by atoms with E-state index in [0.717, 1.165) is 29.3 Å². The van der Waals surface area contributed by atoms with Gasteiger partial charge < -0.3 is 0 Å². The number of aryl methyl sites for hydroxylation is 1. The fraction of sp³-hybridized carbons (Fsp3) is 0.300. The standard InChI is InChI=1S/C30H29F5N2O2S/c1-21-14-15-27(36-19-21)29(18-22-8-4-3-5-9-22,25-12-7-13-26(17-25)30(33,34)35)37-40(38,39)20-23-10-6-11-24(16-23)28(2,31)32/h3-4,6-8,10-17,19,37H,5,9,18,20H2,1-2H3. The Morgan fingerprint density at radius 1 is 0.925 bits per heavy atom. The van der Waals surface area contributed by atoms with Crippen LogP contribution in [0.25, 0.3) is 0 Å². The van der Waals surface area contributed by atoms with Crippen molar-refractivity contribution in [2.45, 2.75) is 56.5 Å². The van der Waals surface area contributed by atoms with Crippen LogP contribution in [0.2, 0.25) is 0 Å². The lowest BCUT2D eigenvalue weighted by Gasteiger charge is -2.36. The van der Waals surface area contributed by atoms with Crippen LogP contribution >= 0.6 is 0 Å². The molecule has 1 heterocycles. The Labute approximate surface area is 230 Å². The Bertz CT molecular complexity index is 1520. The summed E-state index contributed by atoms with van der Waals surface area (Å²) in [7, 11) is -4.32. The molecule has 1 unspecified atom stereocenters. The van der Waals surface area contributed by atoms with Crippen LogP contribution in [-0.2, 0) is 33.4 Å². The van der Waals surface area contributed by atoms with E-state index in [9.17, 15) is 30.4 Å². The molecule has 0 saturated carbocycles. The number of sulfonamides is 1. The van der Waals surface area contributed by atoms with Gasteiger partial charge in [0.2, 0.25) is 10.0 Å². The van der Waals surface area contributed by atoms with Crippen LogP contribution in [0.1, 0.15) is 59.7 Å². The van der Waals surface area contributed by atoms with Gasteiger partial charge in [-0.15, -0.1) is 0 Å². The predicted molar refractivity (Wildman–Crippen MR) is 144 cm³/mol. The van der Waals surface area contributed by atoms with E-state index in [1.54, 1.807) is 19.1 Å². The molecule has 1 aliphatic rings. The summed E-state index contributed by atoms with van der Waals surface area (Å²) < 4.78 is 99.4. The molecule has 0 spiro atoms. The highest BCUT2D eigenvalue weighted by Gasteiger charge is 2.42. The maximum atomic E-state index is 13.9. The number of allylic oxidation sites excluding steroid dienone is 3. The molecule has 0 fully saturated rings. The molecule has 212 valence electrons. The molecule has 10 heteroatoms. The fourth-order valence-corrected chi connectivity index (χ4v) is 6.28. The van der Waals surface area contributed by atoms with Crippen LogP contribution in [0.3, 0.4) is 0 Å². The third kappa shape index (κ3) is 7.03. The lowest BCUT2D eigenvalue weighted by molar-refractivity contribution is -0.137. The van der Waals surface area contributed by atoms with Gasteiger partial charge in [-0.25, -0.2) is 17.2 Å². The smallest absolute Gasteiger partial charge is 0.259 e. The van der Waals surface area contributed by atoms with Crippen LogP contribution in [0.5, 0.6) is 0 Å². The van der Waals surface area contributed by atoms with Gasteiger partial charge in [0.25, 0.3) is 5.92 Å². The summed E-state index contributed by atoms with van der Waals surface area (Å²) in [6, 6.07) is 12.9. The van der Waals surface area contributed by atoms with Gasteiger partial charge in [-0.3, -0.25) is 4.98 Å². The Morgan fingerprint density at radius 2 is 1.62 bits per heavy atom. The summed E-state index contributed by atoms with van der Waals surface area (Å²) in [4.78, 5) is 4.47.